The van der Waals surface area contributed by atoms with Crippen molar-refractivity contribution in [2.45, 2.75) is 23.8 Å². The second kappa shape index (κ2) is 8.62. The van der Waals surface area contributed by atoms with Crippen LogP contribution < -0.4 is 14.5 Å². The number of nitrogens with zero attached hydrogens (tertiary/aromatic N) is 6. The third-order valence-electron chi connectivity index (χ3n) is 6.97. The van der Waals surface area contributed by atoms with Gasteiger partial charge in [-0.05, 0) is 55.8 Å². The van der Waals surface area contributed by atoms with E-state index in [4.69, 9.17) is 0 Å². The molecule has 180 valence electrons. The van der Waals surface area contributed by atoms with Gasteiger partial charge in [-0.25, -0.2) is 27.7 Å². The fourth-order valence-electron chi connectivity index (χ4n) is 5.24. The van der Waals surface area contributed by atoms with Crippen LogP contribution in [0.3, 0.4) is 0 Å². The van der Waals surface area contributed by atoms with Crippen molar-refractivity contribution in [2.75, 3.05) is 47.2 Å². The zero-order chi connectivity index (χ0) is 24.0. The molecule has 0 aliphatic carbocycles. The van der Waals surface area contributed by atoms with Gasteiger partial charge in [0.25, 0.3) is 10.0 Å². The SMILES string of the molecule is C=CCN1c2ncccc2-c2nc(Nc3ccc(N4CCN5CCCC5C4)cc3)ncc2S1(=O)=O. The second-order valence-corrected chi connectivity index (χ2v) is 10.9. The predicted molar refractivity (Wildman–Crippen MR) is 137 cm³/mol. The number of fused-ring (bicyclic) bond motifs is 4. The lowest BCUT2D eigenvalue weighted by atomic mass is 10.1. The number of rotatable bonds is 5. The Morgan fingerprint density at radius 2 is 1.97 bits per heavy atom. The van der Waals surface area contributed by atoms with Crippen LogP contribution in [-0.4, -0.2) is 67.0 Å². The van der Waals surface area contributed by atoms with E-state index < -0.39 is 10.0 Å². The first kappa shape index (κ1) is 22.0. The lowest BCUT2D eigenvalue weighted by Crippen LogP contribution is -2.50. The van der Waals surface area contributed by atoms with Crippen LogP contribution in [0.5, 0.6) is 0 Å². The molecule has 9 nitrogen and oxygen atoms in total. The van der Waals surface area contributed by atoms with Gasteiger partial charge in [-0.15, -0.1) is 6.58 Å². The first-order valence-corrected chi connectivity index (χ1v) is 13.3. The van der Waals surface area contributed by atoms with Crippen molar-refractivity contribution in [3.63, 3.8) is 0 Å². The minimum absolute atomic E-state index is 0.0619. The minimum atomic E-state index is -3.83. The number of piperazine rings is 1. The van der Waals surface area contributed by atoms with E-state index in [2.05, 4.69) is 48.8 Å². The maximum absolute atomic E-state index is 13.2. The van der Waals surface area contributed by atoms with Crippen molar-refractivity contribution < 1.29 is 8.42 Å². The van der Waals surface area contributed by atoms with Crippen LogP contribution >= 0.6 is 0 Å². The van der Waals surface area contributed by atoms with Crippen LogP contribution in [-0.2, 0) is 10.0 Å². The summed E-state index contributed by atoms with van der Waals surface area (Å²) in [6, 6.07) is 12.5. The Morgan fingerprint density at radius 3 is 2.80 bits per heavy atom. The summed E-state index contributed by atoms with van der Waals surface area (Å²) in [5.41, 5.74) is 3.04. The van der Waals surface area contributed by atoms with Gasteiger partial charge in [-0.3, -0.25) is 4.90 Å². The largest absolute Gasteiger partial charge is 0.369 e. The average molecular weight is 490 g/mol. The molecule has 3 aliphatic heterocycles. The van der Waals surface area contributed by atoms with E-state index in [1.54, 1.807) is 12.3 Å². The van der Waals surface area contributed by atoms with Gasteiger partial charge in [0.1, 0.15) is 10.6 Å². The molecule has 0 spiro atoms. The molecule has 1 N–H and O–H groups in total. The van der Waals surface area contributed by atoms with Crippen molar-refractivity contribution in [1.29, 1.82) is 0 Å². The number of hydrogen-bond donors (Lipinski definition) is 1. The molecule has 10 heteroatoms. The molecule has 35 heavy (non-hydrogen) atoms. The maximum atomic E-state index is 13.2. The van der Waals surface area contributed by atoms with Gasteiger partial charge in [0.15, 0.2) is 5.82 Å². The normalized spacial score (nSPS) is 20.6. The highest BCUT2D eigenvalue weighted by Crippen LogP contribution is 2.40. The molecule has 3 aromatic rings. The van der Waals surface area contributed by atoms with Gasteiger partial charge < -0.3 is 10.2 Å². The molecular formula is C25H27N7O2S. The average Bonchev–Trinajstić information content (AvgIpc) is 3.35. The Kier molecular flexibility index (Phi) is 5.42. The highest BCUT2D eigenvalue weighted by molar-refractivity contribution is 7.93. The Labute approximate surface area is 205 Å². The summed E-state index contributed by atoms with van der Waals surface area (Å²) in [5.74, 6) is 0.675. The van der Waals surface area contributed by atoms with Gasteiger partial charge in [0.2, 0.25) is 5.95 Å². The summed E-state index contributed by atoms with van der Waals surface area (Å²) in [5, 5.41) is 3.22. The van der Waals surface area contributed by atoms with E-state index in [-0.39, 0.29) is 11.4 Å². The summed E-state index contributed by atoms with van der Waals surface area (Å²) >= 11 is 0. The monoisotopic (exact) mass is 489 g/mol. The van der Waals surface area contributed by atoms with Crippen molar-refractivity contribution in [2.24, 2.45) is 0 Å². The number of benzene rings is 1. The molecule has 0 amide bonds. The van der Waals surface area contributed by atoms with Crippen molar-refractivity contribution in [3.8, 4) is 11.3 Å². The van der Waals surface area contributed by atoms with E-state index in [0.717, 1.165) is 25.3 Å². The number of hydrogen-bond acceptors (Lipinski definition) is 8. The van der Waals surface area contributed by atoms with Crippen LogP contribution in [0.4, 0.5) is 23.1 Å². The van der Waals surface area contributed by atoms with Crippen molar-refractivity contribution >= 4 is 33.2 Å². The lowest BCUT2D eigenvalue weighted by molar-refractivity contribution is 0.231. The predicted octanol–water partition coefficient (Wildman–Crippen LogP) is 3.26. The van der Waals surface area contributed by atoms with E-state index in [1.807, 2.05) is 18.2 Å². The minimum Gasteiger partial charge on any atom is -0.369 e. The zero-order valence-electron chi connectivity index (χ0n) is 19.3. The Balaban J connectivity index is 1.26. The van der Waals surface area contributed by atoms with Crippen molar-refractivity contribution in [3.05, 3.63) is 61.4 Å². The highest BCUT2D eigenvalue weighted by atomic mass is 32.2. The molecule has 5 heterocycles. The van der Waals surface area contributed by atoms with Gasteiger partial charge in [0, 0.05) is 48.8 Å². The zero-order valence-corrected chi connectivity index (χ0v) is 20.2. The fourth-order valence-corrected chi connectivity index (χ4v) is 6.74. The van der Waals surface area contributed by atoms with Gasteiger partial charge in [-0.2, -0.15) is 0 Å². The summed E-state index contributed by atoms with van der Waals surface area (Å²) in [6.07, 6.45) is 7.06. The van der Waals surface area contributed by atoms with Crippen LogP contribution in [0.15, 0.2) is 66.3 Å². The Morgan fingerprint density at radius 1 is 1.11 bits per heavy atom. The molecule has 2 saturated heterocycles. The highest BCUT2D eigenvalue weighted by Gasteiger charge is 2.37. The molecule has 3 aliphatic rings. The molecule has 6 rings (SSSR count). The number of sulfonamides is 1. The number of pyridine rings is 1. The fraction of sp³-hybridized carbons (Fsp3) is 0.320. The van der Waals surface area contributed by atoms with E-state index in [0.29, 0.717) is 29.1 Å². The molecule has 2 fully saturated rings. The number of anilines is 4. The van der Waals surface area contributed by atoms with Gasteiger partial charge in [-0.1, -0.05) is 6.08 Å². The molecule has 1 aromatic carbocycles. The van der Waals surface area contributed by atoms with E-state index in [1.165, 1.54) is 41.7 Å². The molecule has 2 aromatic heterocycles. The van der Waals surface area contributed by atoms with Crippen molar-refractivity contribution in [1.82, 2.24) is 19.9 Å². The maximum Gasteiger partial charge on any atom is 0.269 e. The summed E-state index contributed by atoms with van der Waals surface area (Å²) in [6.45, 7) is 8.27. The van der Waals surface area contributed by atoms with Gasteiger partial charge in [0.05, 0.1) is 12.7 Å². The third kappa shape index (κ3) is 3.82. The summed E-state index contributed by atoms with van der Waals surface area (Å²) in [4.78, 5) is 18.3. The first-order chi connectivity index (χ1) is 17.0. The molecule has 1 unspecified atom stereocenters. The van der Waals surface area contributed by atoms with Crippen LogP contribution in [0.25, 0.3) is 11.3 Å². The third-order valence-corrected chi connectivity index (χ3v) is 8.73. The Hall–Kier alpha value is -3.50. The standard InChI is InChI=1S/C25H27N7O2S/c1-2-12-32-24-21(6-3-11-26-24)23-22(35(32,33)34)16-27-25(29-23)28-18-7-9-19(10-8-18)31-15-14-30-13-4-5-20(30)17-31/h2-3,6-11,16,20H,1,4-5,12-15,17H2,(H,27,28,29). The number of aromatic nitrogens is 3. The lowest BCUT2D eigenvalue weighted by Gasteiger charge is -2.38. The van der Waals surface area contributed by atoms with Crippen LogP contribution in [0, 0.1) is 0 Å². The Bertz CT molecular complexity index is 1380. The number of nitrogens with one attached hydrogen (secondary N) is 1. The quantitative estimate of drug-likeness (QED) is 0.546. The summed E-state index contributed by atoms with van der Waals surface area (Å²) < 4.78 is 27.7. The topological polar surface area (TPSA) is 94.6 Å². The molecule has 1 atom stereocenters. The smallest absolute Gasteiger partial charge is 0.269 e. The molecule has 0 radical (unpaired) electrons. The van der Waals surface area contributed by atoms with Crippen LogP contribution in [0.1, 0.15) is 12.8 Å². The molecule has 0 bridgehead atoms. The second-order valence-electron chi connectivity index (χ2n) is 9.06. The summed E-state index contributed by atoms with van der Waals surface area (Å²) in [7, 11) is -3.83. The molecule has 0 saturated carbocycles. The van der Waals surface area contributed by atoms with E-state index >= 15 is 0 Å². The van der Waals surface area contributed by atoms with Gasteiger partial charge >= 0.3 is 0 Å². The molecular weight excluding hydrogens is 462 g/mol. The van der Waals surface area contributed by atoms with Crippen LogP contribution in [0.2, 0.25) is 0 Å². The first-order valence-electron chi connectivity index (χ1n) is 11.9. The van der Waals surface area contributed by atoms with E-state index in [9.17, 15) is 8.42 Å².